The van der Waals surface area contributed by atoms with Crippen molar-refractivity contribution < 1.29 is 13.2 Å². The van der Waals surface area contributed by atoms with E-state index >= 15 is 0 Å². The molecule has 0 fully saturated rings. The standard InChI is InChI=1S/C15H11BrCl3NO3S/c1-9(15(19)21)20(14-7-2-10(16)8-13(14)18)24(22,23)12-5-3-11(17)4-6-12/h2-9H,1H3. The Morgan fingerprint density at radius 3 is 2.21 bits per heavy atom. The maximum Gasteiger partial charge on any atom is 0.265 e. The van der Waals surface area contributed by atoms with Gasteiger partial charge in [-0.2, -0.15) is 0 Å². The smallest absolute Gasteiger partial charge is 0.265 e. The first-order valence-corrected chi connectivity index (χ1v) is 9.95. The predicted octanol–water partition coefficient (Wildman–Crippen LogP) is 5.11. The summed E-state index contributed by atoms with van der Waals surface area (Å²) in [5, 5.41) is -0.276. The van der Waals surface area contributed by atoms with E-state index in [0.29, 0.717) is 9.50 Å². The SMILES string of the molecule is CC(C(=O)Cl)N(c1ccc(Br)cc1Cl)S(=O)(=O)c1ccc(Cl)cc1. The van der Waals surface area contributed by atoms with Gasteiger partial charge in [0.15, 0.2) is 0 Å². The molecule has 9 heteroatoms. The average Bonchev–Trinajstić information content (AvgIpc) is 2.49. The summed E-state index contributed by atoms with van der Waals surface area (Å²) in [6.07, 6.45) is 0. The van der Waals surface area contributed by atoms with Crippen molar-refractivity contribution in [3.8, 4) is 0 Å². The summed E-state index contributed by atoms with van der Waals surface area (Å²) in [6, 6.07) is 9.10. The van der Waals surface area contributed by atoms with Gasteiger partial charge in [0.1, 0.15) is 6.04 Å². The minimum absolute atomic E-state index is 0.0318. The molecule has 0 aliphatic carbocycles. The lowest BCUT2D eigenvalue weighted by Gasteiger charge is -2.29. The Labute approximate surface area is 163 Å². The van der Waals surface area contributed by atoms with Crippen molar-refractivity contribution in [3.63, 3.8) is 0 Å². The highest BCUT2D eigenvalue weighted by molar-refractivity contribution is 9.10. The molecule has 1 unspecified atom stereocenters. The number of hydrogen-bond donors (Lipinski definition) is 0. The van der Waals surface area contributed by atoms with Crippen LogP contribution in [0, 0.1) is 0 Å². The molecule has 2 rings (SSSR count). The number of benzene rings is 2. The number of carbonyl (C=O) groups excluding carboxylic acids is 1. The average molecular weight is 472 g/mol. The first-order valence-electron chi connectivity index (χ1n) is 6.59. The normalized spacial score (nSPS) is 12.7. The number of sulfonamides is 1. The molecule has 0 aromatic heterocycles. The molecule has 128 valence electrons. The van der Waals surface area contributed by atoms with Crippen LogP contribution in [0.5, 0.6) is 0 Å². The summed E-state index contributed by atoms with van der Waals surface area (Å²) >= 11 is 20.8. The minimum Gasteiger partial charge on any atom is -0.279 e. The molecule has 0 saturated heterocycles. The zero-order valence-corrected chi connectivity index (χ0v) is 16.9. The molecule has 0 spiro atoms. The quantitative estimate of drug-likeness (QED) is 0.570. The second-order valence-corrected chi connectivity index (χ2v) is 8.78. The molecule has 0 bridgehead atoms. The molecule has 0 aliphatic heterocycles. The zero-order valence-electron chi connectivity index (χ0n) is 12.2. The van der Waals surface area contributed by atoms with E-state index in [-0.39, 0.29) is 15.6 Å². The van der Waals surface area contributed by atoms with Gasteiger partial charge in [0.05, 0.1) is 15.6 Å². The van der Waals surface area contributed by atoms with E-state index in [1.54, 1.807) is 6.07 Å². The van der Waals surface area contributed by atoms with Gasteiger partial charge < -0.3 is 0 Å². The third kappa shape index (κ3) is 4.06. The number of carbonyl (C=O) groups is 1. The lowest BCUT2D eigenvalue weighted by molar-refractivity contribution is -0.112. The maximum absolute atomic E-state index is 13.0. The van der Waals surface area contributed by atoms with Gasteiger partial charge in [-0.05, 0) is 61.0 Å². The number of hydrogen-bond acceptors (Lipinski definition) is 3. The highest BCUT2D eigenvalue weighted by atomic mass is 79.9. The van der Waals surface area contributed by atoms with Crippen molar-refractivity contribution in [1.82, 2.24) is 0 Å². The van der Waals surface area contributed by atoms with Crippen LogP contribution in [0.1, 0.15) is 6.92 Å². The third-order valence-electron chi connectivity index (χ3n) is 3.20. The molecular weight excluding hydrogens is 460 g/mol. The Morgan fingerprint density at radius 2 is 1.71 bits per heavy atom. The number of halogens is 4. The van der Waals surface area contributed by atoms with E-state index in [2.05, 4.69) is 15.9 Å². The largest absolute Gasteiger partial charge is 0.279 e. The van der Waals surface area contributed by atoms with Crippen LogP contribution in [0.4, 0.5) is 5.69 Å². The highest BCUT2D eigenvalue weighted by Gasteiger charge is 2.34. The van der Waals surface area contributed by atoms with Crippen LogP contribution >= 0.6 is 50.7 Å². The second-order valence-electron chi connectivity index (χ2n) is 4.83. The zero-order chi connectivity index (χ0) is 18.1. The van der Waals surface area contributed by atoms with E-state index in [1.807, 2.05) is 0 Å². The van der Waals surface area contributed by atoms with Crippen LogP contribution in [-0.4, -0.2) is 19.7 Å². The van der Waals surface area contributed by atoms with Gasteiger partial charge >= 0.3 is 0 Å². The van der Waals surface area contributed by atoms with Crippen LogP contribution in [0.2, 0.25) is 10.0 Å². The lowest BCUT2D eigenvalue weighted by atomic mass is 10.3. The molecule has 0 amide bonds. The molecular formula is C15H11BrCl3NO3S. The number of nitrogens with zero attached hydrogens (tertiary/aromatic N) is 1. The molecule has 0 N–H and O–H groups in total. The molecule has 0 heterocycles. The van der Waals surface area contributed by atoms with Crippen LogP contribution in [0.25, 0.3) is 0 Å². The summed E-state index contributed by atoms with van der Waals surface area (Å²) in [7, 11) is -4.08. The van der Waals surface area contributed by atoms with Crippen molar-refractivity contribution in [1.29, 1.82) is 0 Å². The van der Waals surface area contributed by atoms with Gasteiger partial charge in [-0.15, -0.1) is 0 Å². The van der Waals surface area contributed by atoms with E-state index in [4.69, 9.17) is 34.8 Å². The third-order valence-corrected chi connectivity index (χ3v) is 6.46. The Morgan fingerprint density at radius 1 is 1.12 bits per heavy atom. The molecule has 0 aliphatic rings. The van der Waals surface area contributed by atoms with Crippen LogP contribution < -0.4 is 4.31 Å². The summed E-state index contributed by atoms with van der Waals surface area (Å²) in [4.78, 5) is 11.6. The molecule has 2 aromatic carbocycles. The Balaban J connectivity index is 2.66. The molecule has 0 radical (unpaired) electrons. The van der Waals surface area contributed by atoms with E-state index in [9.17, 15) is 13.2 Å². The predicted molar refractivity (Wildman–Crippen MR) is 101 cm³/mol. The molecule has 1 atom stereocenters. The Kier molecular flexibility index (Phi) is 6.20. The van der Waals surface area contributed by atoms with Crippen LogP contribution in [-0.2, 0) is 14.8 Å². The maximum atomic E-state index is 13.0. The van der Waals surface area contributed by atoms with Crippen LogP contribution in [0.3, 0.4) is 0 Å². The van der Waals surface area contributed by atoms with E-state index in [1.165, 1.54) is 43.3 Å². The van der Waals surface area contributed by atoms with Gasteiger partial charge in [-0.1, -0.05) is 39.1 Å². The number of rotatable bonds is 5. The van der Waals surface area contributed by atoms with Crippen molar-refractivity contribution in [3.05, 3.63) is 57.0 Å². The minimum atomic E-state index is -4.08. The van der Waals surface area contributed by atoms with E-state index < -0.39 is 21.3 Å². The van der Waals surface area contributed by atoms with Crippen LogP contribution in [0.15, 0.2) is 51.8 Å². The molecule has 24 heavy (non-hydrogen) atoms. The van der Waals surface area contributed by atoms with Gasteiger partial charge in [-0.25, -0.2) is 8.42 Å². The van der Waals surface area contributed by atoms with Crippen molar-refractivity contribution in [2.75, 3.05) is 4.31 Å². The fourth-order valence-corrected chi connectivity index (χ4v) is 4.75. The topological polar surface area (TPSA) is 54.5 Å². The number of anilines is 1. The fraction of sp³-hybridized carbons (Fsp3) is 0.133. The van der Waals surface area contributed by atoms with E-state index in [0.717, 1.165) is 4.31 Å². The fourth-order valence-electron chi connectivity index (χ4n) is 2.02. The monoisotopic (exact) mass is 469 g/mol. The lowest BCUT2D eigenvalue weighted by Crippen LogP contribution is -2.42. The van der Waals surface area contributed by atoms with Gasteiger partial charge in [0, 0.05) is 9.50 Å². The Bertz CT molecular complexity index is 872. The van der Waals surface area contributed by atoms with Crippen molar-refractivity contribution >= 4 is 71.7 Å². The molecule has 2 aromatic rings. The summed E-state index contributed by atoms with van der Waals surface area (Å²) < 4.78 is 27.6. The van der Waals surface area contributed by atoms with Crippen molar-refractivity contribution in [2.45, 2.75) is 17.9 Å². The first kappa shape index (κ1) is 19.5. The second kappa shape index (κ2) is 7.62. The summed E-state index contributed by atoms with van der Waals surface area (Å²) in [5.74, 6) is 0. The van der Waals surface area contributed by atoms with Gasteiger partial charge in [0.25, 0.3) is 10.0 Å². The van der Waals surface area contributed by atoms with Crippen molar-refractivity contribution in [2.24, 2.45) is 0 Å². The summed E-state index contributed by atoms with van der Waals surface area (Å²) in [5.41, 5.74) is 0.149. The highest BCUT2D eigenvalue weighted by Crippen LogP contribution is 2.35. The molecule has 4 nitrogen and oxygen atoms in total. The van der Waals surface area contributed by atoms with Gasteiger partial charge in [-0.3, -0.25) is 9.10 Å². The summed E-state index contributed by atoms with van der Waals surface area (Å²) in [6.45, 7) is 1.39. The molecule has 0 saturated carbocycles. The first-order chi connectivity index (χ1) is 11.1. The van der Waals surface area contributed by atoms with Gasteiger partial charge in [0.2, 0.25) is 5.24 Å². The Hall–Kier alpha value is -0.790.